The summed E-state index contributed by atoms with van der Waals surface area (Å²) >= 11 is 1.52. The molecule has 0 bridgehead atoms. The van der Waals surface area contributed by atoms with Crippen LogP contribution in [0.5, 0.6) is 0 Å². The summed E-state index contributed by atoms with van der Waals surface area (Å²) in [6.45, 7) is -0.250. The monoisotopic (exact) mass is 284 g/mol. The van der Waals surface area contributed by atoms with E-state index in [1.54, 1.807) is 0 Å². The molecule has 2 rings (SSSR count). The van der Waals surface area contributed by atoms with Crippen molar-refractivity contribution in [2.75, 3.05) is 0 Å². The molecule has 1 atom stereocenters. The predicted octanol–water partition coefficient (Wildman–Crippen LogP) is 0.758. The van der Waals surface area contributed by atoms with Gasteiger partial charge in [-0.15, -0.1) is 0 Å². The number of aromatic nitrogens is 1. The molecular weight excluding hydrogens is 268 g/mol. The number of carboxylic acid groups (broad SMARTS) is 1. The summed E-state index contributed by atoms with van der Waals surface area (Å²) in [6, 6.07) is 0. The summed E-state index contributed by atoms with van der Waals surface area (Å²) in [4.78, 5) is 28.5. The van der Waals surface area contributed by atoms with Crippen molar-refractivity contribution in [3.63, 3.8) is 0 Å². The predicted molar refractivity (Wildman–Crippen MR) is 72.6 cm³/mol. The van der Waals surface area contributed by atoms with Gasteiger partial charge in [-0.25, -0.2) is 4.98 Å². The van der Waals surface area contributed by atoms with E-state index in [2.05, 4.69) is 9.98 Å². The molecule has 1 aromatic rings. The van der Waals surface area contributed by atoms with Crippen LogP contribution in [0.4, 0.5) is 5.13 Å². The van der Waals surface area contributed by atoms with E-state index in [0.29, 0.717) is 11.6 Å². The molecule has 1 aliphatic carbocycles. The van der Waals surface area contributed by atoms with Gasteiger partial charge in [0.2, 0.25) is 5.13 Å². The molecule has 0 saturated carbocycles. The van der Waals surface area contributed by atoms with Crippen LogP contribution in [0.1, 0.15) is 35.8 Å². The van der Waals surface area contributed by atoms with Crippen LogP contribution in [-0.2, 0) is 16.0 Å². The van der Waals surface area contributed by atoms with Gasteiger partial charge in [0.1, 0.15) is 6.29 Å². The number of carbonyl (C=O) groups excluding carboxylic acids is 1. The summed E-state index contributed by atoms with van der Waals surface area (Å²) in [6.07, 6.45) is 4.64. The van der Waals surface area contributed by atoms with Gasteiger partial charge in [-0.2, -0.15) is 4.99 Å². The number of nitrogens with zero attached hydrogens (tertiary/aromatic N) is 2. The zero-order chi connectivity index (χ0) is 14.3. The first-order chi connectivity index (χ1) is 9.12. The van der Waals surface area contributed by atoms with Crippen LogP contribution in [0.3, 0.4) is 0 Å². The molecule has 0 unspecified atom stereocenters. The first kappa shape index (κ1) is 15.1. The SMILES string of the molecule is NC(N)=Nc1nc2c(s1)CCC[C@H]2CC=O.O=CO. The van der Waals surface area contributed by atoms with E-state index < -0.39 is 0 Å². The molecule has 104 valence electrons. The summed E-state index contributed by atoms with van der Waals surface area (Å²) in [5, 5.41) is 7.49. The molecule has 5 N–H and O–H groups in total. The number of hydrogen-bond donors (Lipinski definition) is 3. The Kier molecular flexibility index (Phi) is 5.94. The van der Waals surface area contributed by atoms with E-state index in [-0.39, 0.29) is 18.3 Å². The maximum absolute atomic E-state index is 10.6. The minimum absolute atomic E-state index is 0.0260. The van der Waals surface area contributed by atoms with Crippen LogP contribution in [0.15, 0.2) is 4.99 Å². The maximum Gasteiger partial charge on any atom is 0.290 e. The number of fused-ring (bicyclic) bond motifs is 1. The summed E-state index contributed by atoms with van der Waals surface area (Å²) in [7, 11) is 0. The van der Waals surface area contributed by atoms with Crippen LogP contribution < -0.4 is 11.5 Å². The molecule has 0 aliphatic heterocycles. The molecule has 1 aromatic heterocycles. The van der Waals surface area contributed by atoms with Gasteiger partial charge in [-0.1, -0.05) is 11.3 Å². The molecule has 19 heavy (non-hydrogen) atoms. The average molecular weight is 284 g/mol. The number of aliphatic imine (C=N–C) groups is 1. The Labute approximate surface area is 114 Å². The number of thiazole rings is 1. The number of aryl methyl sites for hydroxylation is 1. The van der Waals surface area contributed by atoms with Crippen molar-refractivity contribution in [2.24, 2.45) is 16.5 Å². The van der Waals surface area contributed by atoms with Gasteiger partial charge in [-0.05, 0) is 19.3 Å². The fourth-order valence-electron chi connectivity index (χ4n) is 2.00. The second kappa shape index (κ2) is 7.47. The Balaban J connectivity index is 0.000000550. The molecule has 8 heteroatoms. The van der Waals surface area contributed by atoms with Gasteiger partial charge in [0.15, 0.2) is 5.96 Å². The highest BCUT2D eigenvalue weighted by atomic mass is 32.1. The van der Waals surface area contributed by atoms with Crippen LogP contribution in [0, 0.1) is 0 Å². The second-order valence-corrected chi connectivity index (χ2v) is 5.00. The molecule has 0 spiro atoms. The summed E-state index contributed by atoms with van der Waals surface area (Å²) in [5.74, 6) is 0.276. The number of aldehydes is 1. The van der Waals surface area contributed by atoms with Crippen molar-refractivity contribution >= 4 is 35.2 Å². The lowest BCUT2D eigenvalue weighted by atomic mass is 9.89. The van der Waals surface area contributed by atoms with Gasteiger partial charge < -0.3 is 21.4 Å². The van der Waals surface area contributed by atoms with Gasteiger partial charge >= 0.3 is 0 Å². The van der Waals surface area contributed by atoms with Crippen LogP contribution in [-0.4, -0.2) is 28.8 Å². The van der Waals surface area contributed by atoms with E-state index in [0.717, 1.165) is 31.2 Å². The van der Waals surface area contributed by atoms with Gasteiger partial charge in [0.05, 0.1) is 5.69 Å². The first-order valence-corrected chi connectivity index (χ1v) is 6.54. The highest BCUT2D eigenvalue weighted by molar-refractivity contribution is 7.15. The molecule has 0 fully saturated rings. The highest BCUT2D eigenvalue weighted by Gasteiger charge is 2.24. The van der Waals surface area contributed by atoms with E-state index in [1.807, 2.05) is 0 Å². The third-order valence-corrected chi connectivity index (χ3v) is 3.69. The smallest absolute Gasteiger partial charge is 0.290 e. The number of hydrogen-bond acceptors (Lipinski definition) is 5. The lowest BCUT2D eigenvalue weighted by Gasteiger charge is -2.18. The third-order valence-electron chi connectivity index (χ3n) is 2.66. The lowest BCUT2D eigenvalue weighted by molar-refractivity contribution is -0.122. The molecule has 0 amide bonds. The van der Waals surface area contributed by atoms with Crippen molar-refractivity contribution < 1.29 is 14.7 Å². The summed E-state index contributed by atoms with van der Waals surface area (Å²) in [5.41, 5.74) is 11.6. The zero-order valence-electron chi connectivity index (χ0n) is 10.3. The first-order valence-electron chi connectivity index (χ1n) is 5.73. The highest BCUT2D eigenvalue weighted by Crippen LogP contribution is 2.38. The van der Waals surface area contributed by atoms with Crippen molar-refractivity contribution in [3.8, 4) is 0 Å². The molecule has 0 radical (unpaired) electrons. The number of carbonyl (C=O) groups is 2. The maximum atomic E-state index is 10.6. The Morgan fingerprint density at radius 3 is 2.79 bits per heavy atom. The average Bonchev–Trinajstić information content (AvgIpc) is 2.73. The Morgan fingerprint density at radius 1 is 1.53 bits per heavy atom. The minimum Gasteiger partial charge on any atom is -0.483 e. The van der Waals surface area contributed by atoms with Crippen LogP contribution >= 0.6 is 11.3 Å². The van der Waals surface area contributed by atoms with E-state index in [9.17, 15) is 4.79 Å². The van der Waals surface area contributed by atoms with Crippen molar-refractivity contribution in [2.45, 2.75) is 31.6 Å². The van der Waals surface area contributed by atoms with Crippen molar-refractivity contribution in [1.82, 2.24) is 4.98 Å². The quantitative estimate of drug-likeness (QED) is 0.426. The molecule has 1 heterocycles. The normalized spacial score (nSPS) is 16.5. The number of rotatable bonds is 3. The van der Waals surface area contributed by atoms with Crippen LogP contribution in [0.2, 0.25) is 0 Å². The van der Waals surface area contributed by atoms with E-state index in [1.165, 1.54) is 16.2 Å². The lowest BCUT2D eigenvalue weighted by Crippen LogP contribution is -2.21. The molecule has 7 nitrogen and oxygen atoms in total. The molecule has 1 aliphatic rings. The van der Waals surface area contributed by atoms with Gasteiger partial charge in [0.25, 0.3) is 6.47 Å². The molecule has 0 aromatic carbocycles. The van der Waals surface area contributed by atoms with Crippen molar-refractivity contribution in [3.05, 3.63) is 10.6 Å². The van der Waals surface area contributed by atoms with Gasteiger partial charge in [0, 0.05) is 17.2 Å². The Hall–Kier alpha value is -1.96. The zero-order valence-corrected chi connectivity index (χ0v) is 11.1. The minimum atomic E-state index is -0.250. The molecule has 0 saturated heterocycles. The van der Waals surface area contributed by atoms with Gasteiger partial charge in [-0.3, -0.25) is 4.79 Å². The second-order valence-electron chi connectivity index (χ2n) is 3.94. The van der Waals surface area contributed by atoms with Crippen molar-refractivity contribution in [1.29, 1.82) is 0 Å². The standard InChI is InChI=1S/C10H14N4OS.CH2O2/c11-9(12)14-10-13-8-6(4-5-15)2-1-3-7(8)16-10;2-1-3/h5-6H,1-4H2,(H4,11,12,13,14);1H,(H,2,3)/t6-;/m0./s1. The largest absolute Gasteiger partial charge is 0.483 e. The Bertz CT molecular complexity index is 469. The van der Waals surface area contributed by atoms with E-state index in [4.69, 9.17) is 21.4 Å². The number of nitrogens with two attached hydrogens (primary N) is 2. The summed E-state index contributed by atoms with van der Waals surface area (Å²) < 4.78 is 0. The Morgan fingerprint density at radius 2 is 2.21 bits per heavy atom. The topological polar surface area (TPSA) is 132 Å². The van der Waals surface area contributed by atoms with E-state index >= 15 is 0 Å². The number of guanidine groups is 1. The molecular formula is C11H16N4O3S. The fraction of sp³-hybridized carbons (Fsp3) is 0.455. The fourth-order valence-corrected chi connectivity index (χ4v) is 3.08. The van der Waals surface area contributed by atoms with Crippen LogP contribution in [0.25, 0.3) is 0 Å². The third kappa shape index (κ3) is 4.32.